The van der Waals surface area contributed by atoms with Gasteiger partial charge in [0.15, 0.2) is 5.78 Å². The Balaban J connectivity index is 1.65. The number of allylic oxidation sites excluding steroid dienone is 4. The van der Waals surface area contributed by atoms with E-state index in [9.17, 15) is 39.0 Å². The molecule has 9 atom stereocenters. The second-order valence-corrected chi connectivity index (χ2v) is 15.7. The highest BCUT2D eigenvalue weighted by Crippen LogP contribution is 2.48. The summed E-state index contributed by atoms with van der Waals surface area (Å²) < 4.78 is 29.3. The van der Waals surface area contributed by atoms with Gasteiger partial charge in [0.1, 0.15) is 17.6 Å². The first-order chi connectivity index (χ1) is 27.7. The van der Waals surface area contributed by atoms with Crippen molar-refractivity contribution in [2.24, 2.45) is 23.7 Å². The lowest BCUT2D eigenvalue weighted by atomic mass is 9.78. The highest BCUT2D eigenvalue weighted by atomic mass is 35.5. The number of carbonyl (C=O) groups is 6. The Morgan fingerprint density at radius 3 is 2.19 bits per heavy atom. The maximum Gasteiger partial charge on any atom is 0.343 e. The highest BCUT2D eigenvalue weighted by Gasteiger charge is 2.52. The van der Waals surface area contributed by atoms with Crippen LogP contribution >= 0.6 is 11.6 Å². The molecule has 0 unspecified atom stereocenters. The Kier molecular flexibility index (Phi) is 13.5. The van der Waals surface area contributed by atoms with E-state index < -0.39 is 106 Å². The van der Waals surface area contributed by atoms with Gasteiger partial charge in [-0.2, -0.15) is 0 Å². The van der Waals surface area contributed by atoms with Gasteiger partial charge < -0.3 is 39.2 Å². The van der Waals surface area contributed by atoms with Crippen molar-refractivity contribution < 1.29 is 62.7 Å². The van der Waals surface area contributed by atoms with Gasteiger partial charge in [-0.05, 0) is 44.2 Å². The molecule has 4 aliphatic rings. The molecule has 3 aliphatic heterocycles. The third-order valence-corrected chi connectivity index (χ3v) is 11.3. The number of hydrogen-bond acceptors (Lipinski definition) is 13. The summed E-state index contributed by atoms with van der Waals surface area (Å²) in [5, 5.41) is 25.6. The molecule has 1 amide bonds. The van der Waals surface area contributed by atoms with Crippen molar-refractivity contribution in [2.45, 2.75) is 85.6 Å². The minimum atomic E-state index is -2.12. The van der Waals surface area contributed by atoms with E-state index in [4.69, 9.17) is 35.3 Å². The Labute approximate surface area is 346 Å². The summed E-state index contributed by atoms with van der Waals surface area (Å²) in [5.74, 6) is -10.2. The van der Waals surface area contributed by atoms with Crippen molar-refractivity contribution in [3.8, 4) is 11.5 Å². The van der Waals surface area contributed by atoms with Crippen molar-refractivity contribution in [2.75, 3.05) is 7.11 Å². The van der Waals surface area contributed by atoms with Gasteiger partial charge in [-0.25, -0.2) is 4.79 Å². The molecule has 0 aromatic heterocycles. The molecular formula is C44H48ClNO13. The molecule has 15 heteroatoms. The fourth-order valence-electron chi connectivity index (χ4n) is 7.47. The number of aliphatic hydroxyl groups is 2. The van der Waals surface area contributed by atoms with Crippen LogP contribution in [0.5, 0.6) is 11.5 Å². The summed E-state index contributed by atoms with van der Waals surface area (Å²) in [7, 11) is 1.41. The molecule has 0 spiro atoms. The van der Waals surface area contributed by atoms with Crippen molar-refractivity contribution in [1.29, 1.82) is 0 Å². The summed E-state index contributed by atoms with van der Waals surface area (Å²) in [4.78, 5) is 81.9. The average molecular weight is 834 g/mol. The van der Waals surface area contributed by atoms with Crippen LogP contribution < -0.4 is 14.8 Å². The number of amides is 1. The minimum Gasteiger partial charge on any atom is -0.462 e. The summed E-state index contributed by atoms with van der Waals surface area (Å²) in [5.41, 5.74) is -1.42. The second-order valence-electron chi connectivity index (χ2n) is 15.3. The SMILES string of the molecule is CO[C@H]1C=CO[C@@]2(C)Oc3c(C)c(OC(=O)c4ccc(Cl)cc4)c4c(c3C2=O)C(=O)C=C(NC(=O)C(C)=CC=C[C@H](C)[C@H](O)[C@@H](C)[C@H](O)[C@H](C)[C@H](OC(C)=O)[C@@H]1C)C4=O. The number of ketones is 3. The molecule has 2 aromatic rings. The highest BCUT2D eigenvalue weighted by molar-refractivity contribution is 6.31. The smallest absolute Gasteiger partial charge is 0.343 e. The van der Waals surface area contributed by atoms with Crippen LogP contribution in [0.3, 0.4) is 0 Å². The van der Waals surface area contributed by atoms with Crippen LogP contribution in [-0.4, -0.2) is 82.7 Å². The number of halogens is 1. The van der Waals surface area contributed by atoms with Crippen LogP contribution in [-0.2, 0) is 23.8 Å². The number of nitrogens with one attached hydrogen (secondary N) is 1. The number of methoxy groups -OCH3 is 1. The molecule has 0 saturated carbocycles. The lowest BCUT2D eigenvalue weighted by molar-refractivity contribution is -0.160. The van der Waals surface area contributed by atoms with E-state index in [-0.39, 0.29) is 33.8 Å². The van der Waals surface area contributed by atoms with Crippen LogP contribution in [0.15, 0.2) is 72.2 Å². The predicted molar refractivity (Wildman–Crippen MR) is 214 cm³/mol. The Hall–Kier alpha value is -5.41. The van der Waals surface area contributed by atoms with Gasteiger partial charge in [-0.15, -0.1) is 0 Å². The van der Waals surface area contributed by atoms with E-state index >= 15 is 0 Å². The maximum absolute atomic E-state index is 14.3. The first kappa shape index (κ1) is 44.7. The molecule has 6 rings (SSSR count). The van der Waals surface area contributed by atoms with E-state index in [1.165, 1.54) is 77.3 Å². The van der Waals surface area contributed by atoms with Crippen LogP contribution in [0.25, 0.3) is 0 Å². The third-order valence-electron chi connectivity index (χ3n) is 11.1. The third kappa shape index (κ3) is 8.96. The van der Waals surface area contributed by atoms with Gasteiger partial charge in [0, 0.05) is 66.9 Å². The van der Waals surface area contributed by atoms with E-state index in [0.29, 0.717) is 5.02 Å². The number of rotatable bonds is 4. The van der Waals surface area contributed by atoms with Crippen molar-refractivity contribution in [3.63, 3.8) is 0 Å². The zero-order chi connectivity index (χ0) is 43.7. The van der Waals surface area contributed by atoms with Crippen molar-refractivity contribution in [1.82, 2.24) is 5.32 Å². The molecule has 0 radical (unpaired) electrons. The largest absolute Gasteiger partial charge is 0.462 e. The number of Topliss-reactive ketones (excluding diaryl/α,β-unsaturated/α-hetero) is 2. The minimum absolute atomic E-state index is 0.0110. The topological polar surface area (TPSA) is 201 Å². The van der Waals surface area contributed by atoms with Crippen molar-refractivity contribution >= 4 is 46.8 Å². The molecule has 2 aromatic carbocycles. The van der Waals surface area contributed by atoms with E-state index in [2.05, 4.69) is 5.32 Å². The summed E-state index contributed by atoms with van der Waals surface area (Å²) >= 11 is 6.01. The zero-order valence-electron chi connectivity index (χ0n) is 34.2. The Morgan fingerprint density at radius 1 is 0.898 bits per heavy atom. The number of fused-ring (bicyclic) bond motifs is 14. The Morgan fingerprint density at radius 2 is 1.56 bits per heavy atom. The van der Waals surface area contributed by atoms with E-state index in [1.807, 2.05) is 0 Å². The standard InChI is InChI=1S/C44H48ClNO13/c1-20-11-10-12-21(2)42(53)46-29-19-30(48)32-33(37(29)51)39(58-43(54)27-13-15-28(45)16-14-27)25(6)40-34(32)41(52)44(8,59-40)56-18-17-31(55-9)22(3)38(57-26(7)47)24(5)36(50)23(4)35(20)49/h10-20,22-24,31,35-36,38,49-50H,1-9H3,(H,46,53)/t20-,22+,23+,24-,31-,35-,36-,38+,44-/m0/s1. The van der Waals surface area contributed by atoms with Crippen LogP contribution in [0, 0.1) is 30.6 Å². The fourth-order valence-corrected chi connectivity index (χ4v) is 7.60. The lowest BCUT2D eigenvalue weighted by Crippen LogP contribution is -2.46. The van der Waals surface area contributed by atoms with Gasteiger partial charge in [0.25, 0.3) is 11.7 Å². The molecule has 0 fully saturated rings. The number of aliphatic hydroxyl groups excluding tert-OH is 2. The van der Waals surface area contributed by atoms with Gasteiger partial charge >= 0.3 is 17.7 Å². The van der Waals surface area contributed by atoms with Crippen LogP contribution in [0.1, 0.15) is 95.5 Å². The van der Waals surface area contributed by atoms with Gasteiger partial charge in [0.05, 0.1) is 52.5 Å². The average Bonchev–Trinajstić information content (AvgIpc) is 3.46. The monoisotopic (exact) mass is 833 g/mol. The molecule has 5 bridgehead atoms. The summed E-state index contributed by atoms with van der Waals surface area (Å²) in [6.07, 6.45) is 4.10. The van der Waals surface area contributed by atoms with Gasteiger partial charge in [0.2, 0.25) is 5.78 Å². The van der Waals surface area contributed by atoms with E-state index in [0.717, 1.165) is 12.3 Å². The van der Waals surface area contributed by atoms with Gasteiger partial charge in [-0.1, -0.05) is 57.5 Å². The van der Waals surface area contributed by atoms with Crippen LogP contribution in [0.2, 0.25) is 5.02 Å². The molecule has 59 heavy (non-hydrogen) atoms. The fraction of sp³-hybridized carbons (Fsp3) is 0.409. The molecular weight excluding hydrogens is 786 g/mol. The molecule has 14 nitrogen and oxygen atoms in total. The van der Waals surface area contributed by atoms with Crippen molar-refractivity contribution in [3.05, 3.63) is 105 Å². The number of hydrogen-bond donors (Lipinski definition) is 3. The lowest BCUT2D eigenvalue weighted by Gasteiger charge is -2.38. The zero-order valence-corrected chi connectivity index (χ0v) is 34.9. The number of ether oxygens (including phenoxy) is 5. The van der Waals surface area contributed by atoms with Crippen LogP contribution in [0.4, 0.5) is 0 Å². The second kappa shape index (κ2) is 17.8. The van der Waals surface area contributed by atoms with E-state index in [1.54, 1.807) is 33.8 Å². The summed E-state index contributed by atoms with van der Waals surface area (Å²) in [6, 6.07) is 5.72. The number of esters is 2. The first-order valence-electron chi connectivity index (χ1n) is 19.0. The molecule has 3 heterocycles. The normalized spacial score (nSPS) is 28.9. The summed E-state index contributed by atoms with van der Waals surface area (Å²) in [6.45, 7) is 12.3. The molecule has 3 N–H and O–H groups in total. The number of carbonyl (C=O) groups excluding carboxylic acids is 6. The molecule has 0 saturated heterocycles. The quantitative estimate of drug-likeness (QED) is 0.247. The Bertz CT molecular complexity index is 2190. The molecule has 314 valence electrons. The maximum atomic E-state index is 14.3. The van der Waals surface area contributed by atoms with Gasteiger partial charge in [-0.3, -0.25) is 24.0 Å². The predicted octanol–water partition coefficient (Wildman–Crippen LogP) is 5.80. The first-order valence-corrected chi connectivity index (χ1v) is 19.4. The number of benzene rings is 2. The molecule has 1 aliphatic carbocycles.